The first-order chi connectivity index (χ1) is 8.33. The second-order valence-corrected chi connectivity index (χ2v) is 4.94. The van der Waals surface area contributed by atoms with Gasteiger partial charge in [0.05, 0.1) is 0 Å². The number of hydrogen-bond acceptors (Lipinski definition) is 3. The van der Waals surface area contributed by atoms with Crippen LogP contribution in [0.1, 0.15) is 5.56 Å². The van der Waals surface area contributed by atoms with Crippen molar-refractivity contribution >= 4 is 17.4 Å². The Balaban J connectivity index is 1.97. The molecule has 3 rings (SSSR count). The van der Waals surface area contributed by atoms with Crippen LogP contribution >= 0.6 is 11.8 Å². The van der Waals surface area contributed by atoms with Crippen molar-refractivity contribution in [3.63, 3.8) is 0 Å². The van der Waals surface area contributed by atoms with Gasteiger partial charge in [-0.15, -0.1) is 10.2 Å². The molecule has 0 unspecified atom stereocenters. The molecule has 0 N–H and O–H groups in total. The van der Waals surface area contributed by atoms with Crippen molar-refractivity contribution in [1.82, 2.24) is 14.6 Å². The van der Waals surface area contributed by atoms with E-state index in [1.165, 1.54) is 15.4 Å². The fourth-order valence-corrected chi connectivity index (χ4v) is 2.60. The van der Waals surface area contributed by atoms with E-state index in [0.717, 1.165) is 5.65 Å². The number of pyridine rings is 1. The summed E-state index contributed by atoms with van der Waals surface area (Å²) in [5, 5.41) is 7.86. The van der Waals surface area contributed by atoms with Gasteiger partial charge in [0.25, 0.3) is 0 Å². The zero-order valence-electron chi connectivity index (χ0n) is 9.37. The highest BCUT2D eigenvalue weighted by atomic mass is 32.2. The van der Waals surface area contributed by atoms with Crippen molar-refractivity contribution in [1.29, 1.82) is 0 Å². The second kappa shape index (κ2) is 4.22. The Kier molecular flexibility index (Phi) is 2.57. The van der Waals surface area contributed by atoms with Gasteiger partial charge in [0, 0.05) is 16.0 Å². The predicted octanol–water partition coefficient (Wildman–Crippen LogP) is 3.19. The van der Waals surface area contributed by atoms with Gasteiger partial charge in [-0.2, -0.15) is 0 Å². The van der Waals surface area contributed by atoms with E-state index in [-0.39, 0.29) is 0 Å². The first-order valence-electron chi connectivity index (χ1n) is 5.36. The van der Waals surface area contributed by atoms with Crippen molar-refractivity contribution in [2.45, 2.75) is 16.7 Å². The fraction of sp³-hybridized carbons (Fsp3) is 0.0769. The van der Waals surface area contributed by atoms with E-state index in [0.29, 0.717) is 0 Å². The third kappa shape index (κ3) is 2.03. The molecule has 0 saturated carbocycles. The summed E-state index contributed by atoms with van der Waals surface area (Å²) in [6.45, 7) is 2.12. The number of aromatic nitrogens is 3. The summed E-state index contributed by atoms with van der Waals surface area (Å²) in [5.74, 6) is 0. The SMILES string of the molecule is Cc1ccccc1Sc1ccc2nncn2c1. The maximum absolute atomic E-state index is 3.99. The summed E-state index contributed by atoms with van der Waals surface area (Å²) in [7, 11) is 0. The Labute approximate surface area is 104 Å². The molecule has 17 heavy (non-hydrogen) atoms. The minimum Gasteiger partial charge on any atom is -0.288 e. The van der Waals surface area contributed by atoms with Crippen LogP contribution in [-0.2, 0) is 0 Å². The lowest BCUT2D eigenvalue weighted by molar-refractivity contribution is 1.09. The Morgan fingerprint density at radius 2 is 2.00 bits per heavy atom. The monoisotopic (exact) mass is 241 g/mol. The molecule has 0 spiro atoms. The van der Waals surface area contributed by atoms with Crippen molar-refractivity contribution in [2.24, 2.45) is 0 Å². The van der Waals surface area contributed by atoms with Crippen molar-refractivity contribution in [3.05, 3.63) is 54.5 Å². The van der Waals surface area contributed by atoms with Gasteiger partial charge in [-0.3, -0.25) is 4.40 Å². The van der Waals surface area contributed by atoms with Crippen LogP contribution < -0.4 is 0 Å². The summed E-state index contributed by atoms with van der Waals surface area (Å²) >= 11 is 1.76. The standard InChI is InChI=1S/C13H11N3S/c1-10-4-2-3-5-12(10)17-11-6-7-13-15-14-9-16(13)8-11/h2-9H,1H3. The Hall–Kier alpha value is -1.81. The molecule has 0 bridgehead atoms. The summed E-state index contributed by atoms with van der Waals surface area (Å²) in [6, 6.07) is 12.4. The third-order valence-corrected chi connectivity index (χ3v) is 3.74. The molecule has 0 amide bonds. The second-order valence-electron chi connectivity index (χ2n) is 3.83. The normalized spacial score (nSPS) is 10.9. The highest BCUT2D eigenvalue weighted by Crippen LogP contribution is 2.29. The number of aryl methyl sites for hydroxylation is 1. The minimum atomic E-state index is 0.874. The van der Waals surface area contributed by atoms with Crippen LogP contribution in [-0.4, -0.2) is 14.6 Å². The lowest BCUT2D eigenvalue weighted by Gasteiger charge is -2.05. The van der Waals surface area contributed by atoms with Crippen LogP contribution in [0.2, 0.25) is 0 Å². The zero-order valence-corrected chi connectivity index (χ0v) is 10.2. The van der Waals surface area contributed by atoms with E-state index in [1.807, 2.05) is 16.7 Å². The third-order valence-electron chi connectivity index (χ3n) is 2.59. The molecule has 4 heteroatoms. The number of nitrogens with zero attached hydrogens (tertiary/aromatic N) is 3. The van der Waals surface area contributed by atoms with Gasteiger partial charge in [0.15, 0.2) is 5.65 Å². The molecule has 2 aromatic heterocycles. The van der Waals surface area contributed by atoms with Crippen LogP contribution in [0.4, 0.5) is 0 Å². The van der Waals surface area contributed by atoms with Crippen LogP contribution in [0.5, 0.6) is 0 Å². The van der Waals surface area contributed by atoms with Crippen LogP contribution in [0.3, 0.4) is 0 Å². The van der Waals surface area contributed by atoms with Gasteiger partial charge in [0.2, 0.25) is 0 Å². The van der Waals surface area contributed by atoms with E-state index >= 15 is 0 Å². The van der Waals surface area contributed by atoms with Crippen molar-refractivity contribution in [3.8, 4) is 0 Å². The number of hydrogen-bond donors (Lipinski definition) is 0. The summed E-state index contributed by atoms with van der Waals surface area (Å²) < 4.78 is 1.93. The minimum absolute atomic E-state index is 0.874. The van der Waals surface area contributed by atoms with E-state index in [4.69, 9.17) is 0 Å². The summed E-state index contributed by atoms with van der Waals surface area (Å²) in [5.41, 5.74) is 2.17. The van der Waals surface area contributed by atoms with Crippen LogP contribution in [0.15, 0.2) is 58.7 Å². The summed E-state index contributed by atoms with van der Waals surface area (Å²) in [4.78, 5) is 2.46. The first kappa shape index (κ1) is 10.4. The largest absolute Gasteiger partial charge is 0.288 e. The van der Waals surface area contributed by atoms with Crippen molar-refractivity contribution in [2.75, 3.05) is 0 Å². The van der Waals surface area contributed by atoms with Crippen LogP contribution in [0.25, 0.3) is 5.65 Å². The van der Waals surface area contributed by atoms with E-state index < -0.39 is 0 Å². The van der Waals surface area contributed by atoms with Crippen LogP contribution in [0, 0.1) is 6.92 Å². The molecule has 0 fully saturated rings. The van der Waals surface area contributed by atoms with E-state index in [2.05, 4.69) is 47.5 Å². The maximum atomic E-state index is 3.99. The molecule has 3 nitrogen and oxygen atoms in total. The summed E-state index contributed by atoms with van der Waals surface area (Å²) in [6.07, 6.45) is 3.77. The van der Waals surface area contributed by atoms with E-state index in [9.17, 15) is 0 Å². The van der Waals surface area contributed by atoms with Gasteiger partial charge < -0.3 is 0 Å². The predicted molar refractivity (Wildman–Crippen MR) is 68.3 cm³/mol. The molecule has 2 heterocycles. The molecule has 0 aliphatic heterocycles. The van der Waals surface area contributed by atoms with Gasteiger partial charge in [0.1, 0.15) is 6.33 Å². The smallest absolute Gasteiger partial charge is 0.160 e. The molecule has 0 saturated heterocycles. The maximum Gasteiger partial charge on any atom is 0.160 e. The highest BCUT2D eigenvalue weighted by Gasteiger charge is 2.02. The zero-order chi connectivity index (χ0) is 11.7. The first-order valence-corrected chi connectivity index (χ1v) is 6.17. The van der Waals surface area contributed by atoms with Gasteiger partial charge in [-0.1, -0.05) is 30.0 Å². The highest BCUT2D eigenvalue weighted by molar-refractivity contribution is 7.99. The average Bonchev–Trinajstić information content (AvgIpc) is 2.79. The molecule has 0 aliphatic carbocycles. The molecule has 0 atom stereocenters. The van der Waals surface area contributed by atoms with E-state index in [1.54, 1.807) is 18.1 Å². The van der Waals surface area contributed by atoms with Gasteiger partial charge >= 0.3 is 0 Å². The number of rotatable bonds is 2. The van der Waals surface area contributed by atoms with Gasteiger partial charge in [-0.25, -0.2) is 0 Å². The molecule has 1 aromatic carbocycles. The topological polar surface area (TPSA) is 30.2 Å². The molecular weight excluding hydrogens is 230 g/mol. The lowest BCUT2D eigenvalue weighted by Crippen LogP contribution is -1.84. The number of fused-ring (bicyclic) bond motifs is 1. The molecule has 84 valence electrons. The fourth-order valence-electron chi connectivity index (χ4n) is 1.67. The Morgan fingerprint density at radius 3 is 2.88 bits per heavy atom. The Bertz CT molecular complexity index is 660. The van der Waals surface area contributed by atoms with Crippen molar-refractivity contribution < 1.29 is 0 Å². The average molecular weight is 241 g/mol. The molecule has 0 radical (unpaired) electrons. The van der Waals surface area contributed by atoms with Gasteiger partial charge in [-0.05, 0) is 30.7 Å². The lowest BCUT2D eigenvalue weighted by atomic mass is 10.2. The quantitative estimate of drug-likeness (QED) is 0.690. The molecule has 3 aromatic rings. The Morgan fingerprint density at radius 1 is 1.12 bits per heavy atom. The molecular formula is C13H11N3S. The molecule has 0 aliphatic rings. The number of benzene rings is 1.